The van der Waals surface area contributed by atoms with E-state index < -0.39 is 22.7 Å². The van der Waals surface area contributed by atoms with Gasteiger partial charge in [-0.1, -0.05) is 12.6 Å². The number of Topliss-reactive ketones (excluding diaryl/α,β-unsaturated/α-hetero) is 1. The molecule has 1 aliphatic heterocycles. The molecule has 0 saturated heterocycles. The second kappa shape index (κ2) is 10.0. The van der Waals surface area contributed by atoms with Crippen molar-refractivity contribution in [1.82, 2.24) is 5.32 Å². The minimum Gasteiger partial charge on any atom is -0.493 e. The molecule has 0 amide bonds. The normalized spacial score (nSPS) is 19.5. The van der Waals surface area contributed by atoms with Crippen LogP contribution in [0.4, 0.5) is 5.69 Å². The molecule has 9 nitrogen and oxygen atoms in total. The lowest BCUT2D eigenvalue weighted by atomic mass is 9.71. The Morgan fingerprint density at radius 1 is 1.14 bits per heavy atom. The van der Waals surface area contributed by atoms with Gasteiger partial charge < -0.3 is 19.5 Å². The van der Waals surface area contributed by atoms with Crippen molar-refractivity contribution in [2.45, 2.75) is 31.8 Å². The molecule has 2 atom stereocenters. The molecule has 2 aromatic carbocycles. The zero-order chi connectivity index (χ0) is 25.1. The van der Waals surface area contributed by atoms with Crippen molar-refractivity contribution in [3.63, 3.8) is 0 Å². The monoisotopic (exact) mass is 478 g/mol. The van der Waals surface area contributed by atoms with Gasteiger partial charge in [0.05, 0.1) is 19.1 Å². The van der Waals surface area contributed by atoms with Crippen LogP contribution >= 0.6 is 0 Å². The Labute approximate surface area is 202 Å². The van der Waals surface area contributed by atoms with Crippen LogP contribution in [0.1, 0.15) is 36.3 Å². The van der Waals surface area contributed by atoms with Crippen LogP contribution in [-0.4, -0.2) is 30.9 Å². The van der Waals surface area contributed by atoms with Crippen molar-refractivity contribution in [3.05, 3.63) is 87.3 Å². The van der Waals surface area contributed by atoms with E-state index >= 15 is 0 Å². The molecule has 2 unspecified atom stereocenters. The molecule has 1 N–H and O–H groups in total. The molecular formula is C26H26N2O7. The van der Waals surface area contributed by atoms with Crippen molar-refractivity contribution in [3.8, 4) is 11.5 Å². The number of nitro benzene ring substituents is 1. The molecule has 2 aromatic rings. The Hall–Kier alpha value is -4.14. The van der Waals surface area contributed by atoms with E-state index in [9.17, 15) is 19.7 Å². The van der Waals surface area contributed by atoms with Gasteiger partial charge in [-0.15, -0.1) is 0 Å². The summed E-state index contributed by atoms with van der Waals surface area (Å²) in [5.41, 5.74) is 3.35. The molecule has 0 bridgehead atoms. The SMILES string of the molecule is C=C1NC2=C(C(=O)CCC2)C(c2ccc(OCc3ccc([N+](=O)[O-])cc3)c(OC)c2)C1C(=O)OC. The van der Waals surface area contributed by atoms with Gasteiger partial charge in [-0.05, 0) is 48.2 Å². The quantitative estimate of drug-likeness (QED) is 0.358. The van der Waals surface area contributed by atoms with Crippen LogP contribution in [0, 0.1) is 16.0 Å². The fraction of sp³-hybridized carbons (Fsp3) is 0.308. The van der Waals surface area contributed by atoms with Crippen LogP contribution in [0.5, 0.6) is 11.5 Å². The van der Waals surface area contributed by atoms with E-state index in [0.29, 0.717) is 41.2 Å². The van der Waals surface area contributed by atoms with Crippen molar-refractivity contribution in [1.29, 1.82) is 0 Å². The van der Waals surface area contributed by atoms with Crippen LogP contribution in [-0.2, 0) is 20.9 Å². The van der Waals surface area contributed by atoms with Crippen LogP contribution in [0.25, 0.3) is 0 Å². The molecule has 4 rings (SSSR count). The summed E-state index contributed by atoms with van der Waals surface area (Å²) in [5.74, 6) is -0.907. The predicted octanol–water partition coefficient (Wildman–Crippen LogP) is 4.18. The van der Waals surface area contributed by atoms with Crippen LogP contribution in [0.2, 0.25) is 0 Å². The van der Waals surface area contributed by atoms with Gasteiger partial charge in [-0.2, -0.15) is 0 Å². The van der Waals surface area contributed by atoms with E-state index in [1.807, 2.05) is 0 Å². The summed E-state index contributed by atoms with van der Waals surface area (Å²) < 4.78 is 16.5. The molecule has 2 aliphatic rings. The van der Waals surface area contributed by atoms with Gasteiger partial charge in [-0.25, -0.2) is 0 Å². The Morgan fingerprint density at radius 3 is 2.54 bits per heavy atom. The van der Waals surface area contributed by atoms with Gasteiger partial charge in [0.2, 0.25) is 0 Å². The maximum atomic E-state index is 12.9. The zero-order valence-corrected chi connectivity index (χ0v) is 19.5. The maximum absolute atomic E-state index is 12.9. The molecule has 0 saturated carbocycles. The molecule has 0 spiro atoms. The van der Waals surface area contributed by atoms with Gasteiger partial charge in [0.25, 0.3) is 5.69 Å². The number of hydrogen-bond acceptors (Lipinski definition) is 8. The second-order valence-corrected chi connectivity index (χ2v) is 8.42. The van der Waals surface area contributed by atoms with Crippen molar-refractivity contribution in [2.75, 3.05) is 14.2 Å². The first-order valence-corrected chi connectivity index (χ1v) is 11.2. The highest BCUT2D eigenvalue weighted by molar-refractivity contribution is 6.00. The third-order valence-corrected chi connectivity index (χ3v) is 6.33. The molecule has 0 fully saturated rings. The lowest BCUT2D eigenvalue weighted by molar-refractivity contribution is -0.384. The number of benzene rings is 2. The van der Waals surface area contributed by atoms with E-state index in [-0.39, 0.29) is 18.1 Å². The number of allylic oxidation sites excluding steroid dienone is 2. The summed E-state index contributed by atoms with van der Waals surface area (Å²) in [6.45, 7) is 4.22. The molecule has 0 radical (unpaired) electrons. The highest BCUT2D eigenvalue weighted by Crippen LogP contribution is 2.46. The van der Waals surface area contributed by atoms with Gasteiger partial charge in [0.1, 0.15) is 12.5 Å². The molecule has 1 heterocycles. The van der Waals surface area contributed by atoms with E-state index in [4.69, 9.17) is 14.2 Å². The summed E-state index contributed by atoms with van der Waals surface area (Å²) in [4.78, 5) is 36.1. The second-order valence-electron chi connectivity index (χ2n) is 8.42. The number of nitro groups is 1. The van der Waals surface area contributed by atoms with E-state index in [1.165, 1.54) is 26.4 Å². The summed E-state index contributed by atoms with van der Waals surface area (Å²) in [5, 5.41) is 14.0. The first-order chi connectivity index (χ1) is 16.8. The maximum Gasteiger partial charge on any atom is 0.315 e. The largest absolute Gasteiger partial charge is 0.493 e. The van der Waals surface area contributed by atoms with E-state index in [1.54, 1.807) is 30.3 Å². The van der Waals surface area contributed by atoms with E-state index in [0.717, 1.165) is 17.7 Å². The van der Waals surface area contributed by atoms with Crippen LogP contribution in [0.3, 0.4) is 0 Å². The lowest BCUT2D eigenvalue weighted by Gasteiger charge is -2.38. The van der Waals surface area contributed by atoms with Gasteiger partial charge in [-0.3, -0.25) is 19.7 Å². The molecule has 9 heteroatoms. The average Bonchev–Trinajstić information content (AvgIpc) is 2.86. The van der Waals surface area contributed by atoms with Gasteiger partial charge in [0, 0.05) is 41.4 Å². The summed E-state index contributed by atoms with van der Waals surface area (Å²) >= 11 is 0. The molecule has 182 valence electrons. The average molecular weight is 479 g/mol. The molecule has 35 heavy (non-hydrogen) atoms. The van der Waals surface area contributed by atoms with Crippen LogP contribution < -0.4 is 14.8 Å². The minimum atomic E-state index is -0.766. The number of nitrogens with one attached hydrogen (secondary N) is 1. The van der Waals surface area contributed by atoms with Crippen molar-refractivity contribution in [2.24, 2.45) is 5.92 Å². The standard InChI is InChI=1S/C26H26N2O7/c1-15-23(26(30)34-3)24(25-19(27-15)5-4-6-20(25)29)17-9-12-21(22(13-17)33-2)35-14-16-7-10-18(11-8-16)28(31)32/h7-13,23-24,27H,1,4-6,14H2,2-3H3. The molecule has 1 aliphatic carbocycles. The topological polar surface area (TPSA) is 117 Å². The van der Waals surface area contributed by atoms with Gasteiger partial charge in [0.15, 0.2) is 17.3 Å². The first kappa shape index (κ1) is 24.0. The molecular weight excluding hydrogens is 452 g/mol. The number of carbonyl (C=O) groups is 2. The van der Waals surface area contributed by atoms with Crippen LogP contribution in [0.15, 0.2) is 66.0 Å². The highest BCUT2D eigenvalue weighted by atomic mass is 16.6. The smallest absolute Gasteiger partial charge is 0.315 e. The number of esters is 1. The Bertz CT molecular complexity index is 1220. The summed E-state index contributed by atoms with van der Waals surface area (Å²) in [6.07, 6.45) is 1.87. The first-order valence-electron chi connectivity index (χ1n) is 11.2. The number of methoxy groups -OCH3 is 2. The molecule has 0 aromatic heterocycles. The Morgan fingerprint density at radius 2 is 1.89 bits per heavy atom. The highest BCUT2D eigenvalue weighted by Gasteiger charge is 2.43. The van der Waals surface area contributed by atoms with Gasteiger partial charge >= 0.3 is 5.97 Å². The fourth-order valence-corrected chi connectivity index (χ4v) is 4.63. The Kier molecular flexibility index (Phi) is 6.86. The number of rotatable bonds is 7. The predicted molar refractivity (Wildman–Crippen MR) is 127 cm³/mol. The number of carbonyl (C=O) groups excluding carboxylic acids is 2. The number of ketones is 1. The summed E-state index contributed by atoms with van der Waals surface area (Å²) in [7, 11) is 2.82. The lowest BCUT2D eigenvalue weighted by Crippen LogP contribution is -2.40. The minimum absolute atomic E-state index is 0.00242. The number of ether oxygens (including phenoxy) is 3. The van der Waals surface area contributed by atoms with Crippen molar-refractivity contribution < 1.29 is 28.7 Å². The number of hydrogen-bond donors (Lipinski definition) is 1. The zero-order valence-electron chi connectivity index (χ0n) is 19.5. The Balaban J connectivity index is 1.66. The third-order valence-electron chi connectivity index (χ3n) is 6.33. The van der Waals surface area contributed by atoms with E-state index in [2.05, 4.69) is 11.9 Å². The third kappa shape index (κ3) is 4.75. The fourth-order valence-electron chi connectivity index (χ4n) is 4.63. The number of non-ortho nitro benzene ring substituents is 1. The summed E-state index contributed by atoms with van der Waals surface area (Å²) in [6, 6.07) is 11.4. The number of nitrogens with zero attached hydrogens (tertiary/aromatic N) is 1. The van der Waals surface area contributed by atoms with Crippen molar-refractivity contribution >= 4 is 17.4 Å².